The van der Waals surface area contributed by atoms with Gasteiger partial charge >= 0.3 is 0 Å². The van der Waals surface area contributed by atoms with Crippen LogP contribution in [0.3, 0.4) is 0 Å². The summed E-state index contributed by atoms with van der Waals surface area (Å²) in [6, 6.07) is 1.46. The van der Waals surface area contributed by atoms with E-state index in [0.29, 0.717) is 11.5 Å². The van der Waals surface area contributed by atoms with E-state index in [4.69, 9.17) is 5.73 Å². The van der Waals surface area contributed by atoms with Crippen molar-refractivity contribution < 1.29 is 9.90 Å². The fraction of sp³-hybridized carbons (Fsp3) is 0.538. The molecule has 98 valence electrons. The predicted octanol–water partition coefficient (Wildman–Crippen LogP) is 0.988. The minimum absolute atomic E-state index is 0.0267. The first-order chi connectivity index (χ1) is 8.70. The van der Waals surface area contributed by atoms with Crippen molar-refractivity contribution in [3.8, 4) is 5.75 Å². The van der Waals surface area contributed by atoms with Gasteiger partial charge in [-0.3, -0.25) is 9.78 Å². The second kappa shape index (κ2) is 5.82. The topological polar surface area (TPSA) is 79.5 Å². The third-order valence-electron chi connectivity index (χ3n) is 3.45. The van der Waals surface area contributed by atoms with Gasteiger partial charge in [0.15, 0.2) is 0 Å². The van der Waals surface area contributed by atoms with Crippen molar-refractivity contribution in [2.24, 2.45) is 11.7 Å². The number of aromatic hydroxyl groups is 1. The van der Waals surface area contributed by atoms with Gasteiger partial charge in [-0.25, -0.2) is 0 Å². The zero-order chi connectivity index (χ0) is 13.0. The van der Waals surface area contributed by atoms with Crippen LogP contribution >= 0.6 is 0 Å². The van der Waals surface area contributed by atoms with Crippen molar-refractivity contribution in [3.63, 3.8) is 0 Å². The molecule has 0 atom stereocenters. The number of carbonyl (C=O) groups excluding carboxylic acids is 1. The SMILES string of the molecule is NCCC1CCN(C(=O)c2cncc(O)c2)CC1. The maximum atomic E-state index is 12.2. The van der Waals surface area contributed by atoms with E-state index in [9.17, 15) is 9.90 Å². The van der Waals surface area contributed by atoms with Gasteiger partial charge in [0.2, 0.25) is 0 Å². The Balaban J connectivity index is 1.95. The normalized spacial score (nSPS) is 16.8. The summed E-state index contributed by atoms with van der Waals surface area (Å²) in [4.78, 5) is 17.8. The number of piperidine rings is 1. The average molecular weight is 249 g/mol. The summed E-state index contributed by atoms with van der Waals surface area (Å²) in [6.07, 6.45) is 5.87. The number of aromatic nitrogens is 1. The Hall–Kier alpha value is -1.62. The molecule has 0 aromatic carbocycles. The van der Waals surface area contributed by atoms with Gasteiger partial charge in [-0.05, 0) is 37.8 Å². The lowest BCUT2D eigenvalue weighted by Crippen LogP contribution is -2.38. The molecule has 3 N–H and O–H groups in total. The predicted molar refractivity (Wildman–Crippen MR) is 68.2 cm³/mol. The summed E-state index contributed by atoms with van der Waals surface area (Å²) in [7, 11) is 0. The Morgan fingerprint density at radius 1 is 1.44 bits per heavy atom. The molecular formula is C13H19N3O2. The molecule has 1 aliphatic heterocycles. The molecule has 0 unspecified atom stereocenters. The summed E-state index contributed by atoms with van der Waals surface area (Å²) in [6.45, 7) is 2.24. The average Bonchev–Trinajstić information content (AvgIpc) is 2.39. The number of rotatable bonds is 3. The quantitative estimate of drug-likeness (QED) is 0.837. The molecule has 1 aliphatic rings. The summed E-state index contributed by atoms with van der Waals surface area (Å²) >= 11 is 0. The van der Waals surface area contributed by atoms with E-state index in [1.807, 2.05) is 4.90 Å². The van der Waals surface area contributed by atoms with E-state index in [-0.39, 0.29) is 11.7 Å². The number of hydrogen-bond acceptors (Lipinski definition) is 4. The van der Waals surface area contributed by atoms with Crippen molar-refractivity contribution in [2.45, 2.75) is 19.3 Å². The lowest BCUT2D eigenvalue weighted by molar-refractivity contribution is 0.0687. The molecule has 1 fully saturated rings. The first-order valence-electron chi connectivity index (χ1n) is 6.34. The number of hydrogen-bond donors (Lipinski definition) is 2. The fourth-order valence-corrected chi connectivity index (χ4v) is 2.39. The van der Waals surface area contributed by atoms with Crippen molar-refractivity contribution in [2.75, 3.05) is 19.6 Å². The number of likely N-dealkylation sites (tertiary alicyclic amines) is 1. The Labute approximate surface area is 107 Å². The molecule has 1 amide bonds. The fourth-order valence-electron chi connectivity index (χ4n) is 2.39. The molecule has 18 heavy (non-hydrogen) atoms. The van der Waals surface area contributed by atoms with Gasteiger partial charge in [0, 0.05) is 19.3 Å². The Kier molecular flexibility index (Phi) is 4.15. The molecule has 0 bridgehead atoms. The van der Waals surface area contributed by atoms with Crippen LogP contribution in [0.2, 0.25) is 0 Å². The van der Waals surface area contributed by atoms with E-state index in [0.717, 1.165) is 38.9 Å². The van der Waals surface area contributed by atoms with Crippen LogP contribution in [0.15, 0.2) is 18.5 Å². The number of nitrogens with zero attached hydrogens (tertiary/aromatic N) is 2. The highest BCUT2D eigenvalue weighted by Crippen LogP contribution is 2.21. The van der Waals surface area contributed by atoms with E-state index in [1.165, 1.54) is 18.5 Å². The Morgan fingerprint density at radius 3 is 2.78 bits per heavy atom. The molecule has 5 nitrogen and oxygen atoms in total. The van der Waals surface area contributed by atoms with Gasteiger partial charge < -0.3 is 15.7 Å². The van der Waals surface area contributed by atoms with Gasteiger partial charge in [-0.2, -0.15) is 0 Å². The summed E-state index contributed by atoms with van der Waals surface area (Å²) < 4.78 is 0. The monoisotopic (exact) mass is 249 g/mol. The number of pyridine rings is 1. The summed E-state index contributed by atoms with van der Waals surface area (Å²) in [5.74, 6) is 0.616. The third kappa shape index (κ3) is 2.98. The van der Waals surface area contributed by atoms with Gasteiger partial charge in [-0.1, -0.05) is 0 Å². The first kappa shape index (κ1) is 12.8. The van der Waals surface area contributed by atoms with Crippen molar-refractivity contribution >= 4 is 5.91 Å². The second-order valence-electron chi connectivity index (χ2n) is 4.74. The van der Waals surface area contributed by atoms with Crippen molar-refractivity contribution in [1.29, 1.82) is 0 Å². The van der Waals surface area contributed by atoms with Crippen LogP contribution in [0.4, 0.5) is 0 Å². The Morgan fingerprint density at radius 2 is 2.17 bits per heavy atom. The molecule has 1 aromatic heterocycles. The zero-order valence-electron chi connectivity index (χ0n) is 10.4. The molecule has 5 heteroatoms. The Bertz CT molecular complexity index is 414. The minimum Gasteiger partial charge on any atom is -0.506 e. The maximum absolute atomic E-state index is 12.2. The number of carbonyl (C=O) groups is 1. The van der Waals surface area contributed by atoms with E-state index in [2.05, 4.69) is 4.98 Å². The standard InChI is InChI=1S/C13H19N3O2/c14-4-1-10-2-5-16(6-3-10)13(18)11-7-12(17)9-15-8-11/h7-10,17H,1-6,14H2. The highest BCUT2D eigenvalue weighted by atomic mass is 16.3. The molecule has 0 aliphatic carbocycles. The second-order valence-corrected chi connectivity index (χ2v) is 4.74. The molecule has 1 aromatic rings. The zero-order valence-corrected chi connectivity index (χ0v) is 10.4. The van der Waals surface area contributed by atoms with Crippen molar-refractivity contribution in [1.82, 2.24) is 9.88 Å². The van der Waals surface area contributed by atoms with Crippen LogP contribution in [0, 0.1) is 5.92 Å². The van der Waals surface area contributed by atoms with Crippen LogP contribution in [0.5, 0.6) is 5.75 Å². The van der Waals surface area contributed by atoms with Crippen LogP contribution < -0.4 is 5.73 Å². The third-order valence-corrected chi connectivity index (χ3v) is 3.45. The van der Waals surface area contributed by atoms with Gasteiger partial charge in [0.05, 0.1) is 11.8 Å². The van der Waals surface area contributed by atoms with Crippen LogP contribution in [0.1, 0.15) is 29.6 Å². The highest BCUT2D eigenvalue weighted by molar-refractivity contribution is 5.94. The maximum Gasteiger partial charge on any atom is 0.255 e. The van der Waals surface area contributed by atoms with E-state index in [1.54, 1.807) is 0 Å². The molecular weight excluding hydrogens is 230 g/mol. The first-order valence-corrected chi connectivity index (χ1v) is 6.34. The molecule has 1 saturated heterocycles. The van der Waals surface area contributed by atoms with Crippen LogP contribution in [-0.4, -0.2) is 40.5 Å². The van der Waals surface area contributed by atoms with Gasteiger partial charge in [-0.15, -0.1) is 0 Å². The summed E-state index contributed by atoms with van der Waals surface area (Å²) in [5, 5.41) is 9.33. The van der Waals surface area contributed by atoms with Gasteiger partial charge in [0.25, 0.3) is 5.91 Å². The number of nitrogens with two attached hydrogens (primary N) is 1. The smallest absolute Gasteiger partial charge is 0.255 e. The molecule has 2 heterocycles. The molecule has 2 rings (SSSR count). The van der Waals surface area contributed by atoms with E-state index >= 15 is 0 Å². The molecule has 0 radical (unpaired) electrons. The minimum atomic E-state index is -0.0513. The lowest BCUT2D eigenvalue weighted by atomic mass is 9.93. The highest BCUT2D eigenvalue weighted by Gasteiger charge is 2.23. The van der Waals surface area contributed by atoms with Gasteiger partial charge in [0.1, 0.15) is 5.75 Å². The largest absolute Gasteiger partial charge is 0.506 e. The number of amides is 1. The van der Waals surface area contributed by atoms with Crippen LogP contribution in [-0.2, 0) is 0 Å². The molecule has 0 spiro atoms. The van der Waals surface area contributed by atoms with Crippen molar-refractivity contribution in [3.05, 3.63) is 24.0 Å². The molecule has 0 saturated carbocycles. The van der Waals surface area contributed by atoms with E-state index < -0.39 is 0 Å². The summed E-state index contributed by atoms with van der Waals surface area (Å²) in [5.41, 5.74) is 6.00. The van der Waals surface area contributed by atoms with Crippen LogP contribution in [0.25, 0.3) is 0 Å². The lowest BCUT2D eigenvalue weighted by Gasteiger charge is -2.31.